The molecular weight excluding hydrogens is 288 g/mol. The van der Waals surface area contributed by atoms with Gasteiger partial charge in [0.25, 0.3) is 0 Å². The van der Waals surface area contributed by atoms with Crippen LogP contribution in [0.15, 0.2) is 24.3 Å². The summed E-state index contributed by atoms with van der Waals surface area (Å²) in [5.41, 5.74) is 2.17. The SMILES string of the molecule is COc1ccc(-c2nc3c(s2)CN(CC(=O)O)CC3)cc1. The van der Waals surface area contributed by atoms with Crippen LogP contribution in [0.25, 0.3) is 10.6 Å². The average molecular weight is 304 g/mol. The van der Waals surface area contributed by atoms with Crippen molar-refractivity contribution in [1.82, 2.24) is 9.88 Å². The highest BCUT2D eigenvalue weighted by molar-refractivity contribution is 7.15. The summed E-state index contributed by atoms with van der Waals surface area (Å²) in [6, 6.07) is 7.84. The monoisotopic (exact) mass is 304 g/mol. The Morgan fingerprint density at radius 1 is 1.43 bits per heavy atom. The molecule has 110 valence electrons. The van der Waals surface area contributed by atoms with Gasteiger partial charge in [-0.15, -0.1) is 11.3 Å². The number of carboxylic acids is 1. The second-order valence-electron chi connectivity index (χ2n) is 4.97. The molecule has 0 spiro atoms. The number of rotatable bonds is 4. The zero-order chi connectivity index (χ0) is 14.8. The van der Waals surface area contributed by atoms with E-state index in [1.54, 1.807) is 18.4 Å². The molecule has 3 rings (SSSR count). The van der Waals surface area contributed by atoms with Crippen LogP contribution in [0.5, 0.6) is 5.75 Å². The van der Waals surface area contributed by atoms with E-state index in [1.807, 2.05) is 29.2 Å². The predicted octanol–water partition coefficient (Wildman–Crippen LogP) is 2.26. The van der Waals surface area contributed by atoms with Crippen molar-refractivity contribution in [3.8, 4) is 16.3 Å². The lowest BCUT2D eigenvalue weighted by molar-refractivity contribution is -0.138. The smallest absolute Gasteiger partial charge is 0.317 e. The molecule has 5 nitrogen and oxygen atoms in total. The molecule has 21 heavy (non-hydrogen) atoms. The number of hydrogen-bond donors (Lipinski definition) is 1. The molecule has 1 N–H and O–H groups in total. The van der Waals surface area contributed by atoms with Crippen molar-refractivity contribution in [3.05, 3.63) is 34.8 Å². The third-order valence-electron chi connectivity index (χ3n) is 3.51. The Morgan fingerprint density at radius 3 is 2.86 bits per heavy atom. The molecule has 1 aromatic carbocycles. The van der Waals surface area contributed by atoms with Crippen LogP contribution in [0.1, 0.15) is 10.6 Å². The molecular formula is C15H16N2O3S. The highest BCUT2D eigenvalue weighted by Gasteiger charge is 2.22. The van der Waals surface area contributed by atoms with E-state index in [9.17, 15) is 4.79 Å². The largest absolute Gasteiger partial charge is 0.497 e. The molecule has 0 aliphatic carbocycles. The van der Waals surface area contributed by atoms with E-state index in [1.165, 1.54) is 4.88 Å². The summed E-state index contributed by atoms with van der Waals surface area (Å²) in [4.78, 5) is 18.6. The van der Waals surface area contributed by atoms with E-state index in [4.69, 9.17) is 14.8 Å². The van der Waals surface area contributed by atoms with Gasteiger partial charge < -0.3 is 9.84 Å². The lowest BCUT2D eigenvalue weighted by atomic mass is 10.2. The van der Waals surface area contributed by atoms with Gasteiger partial charge in [0.2, 0.25) is 0 Å². The van der Waals surface area contributed by atoms with Gasteiger partial charge in [0.1, 0.15) is 10.8 Å². The van der Waals surface area contributed by atoms with Crippen molar-refractivity contribution in [1.29, 1.82) is 0 Å². The highest BCUT2D eigenvalue weighted by Crippen LogP contribution is 2.32. The number of benzene rings is 1. The van der Waals surface area contributed by atoms with Crippen LogP contribution >= 0.6 is 11.3 Å². The molecule has 0 atom stereocenters. The Hall–Kier alpha value is -1.92. The normalized spacial score (nSPS) is 14.7. The average Bonchev–Trinajstić information content (AvgIpc) is 2.90. The Morgan fingerprint density at radius 2 is 2.19 bits per heavy atom. The lowest BCUT2D eigenvalue weighted by Gasteiger charge is -2.23. The topological polar surface area (TPSA) is 62.7 Å². The molecule has 0 fully saturated rings. The number of hydrogen-bond acceptors (Lipinski definition) is 5. The molecule has 0 amide bonds. The van der Waals surface area contributed by atoms with Crippen molar-refractivity contribution in [3.63, 3.8) is 0 Å². The Balaban J connectivity index is 1.80. The third-order valence-corrected chi connectivity index (χ3v) is 4.64. The van der Waals surface area contributed by atoms with Crippen LogP contribution < -0.4 is 4.74 Å². The summed E-state index contributed by atoms with van der Waals surface area (Å²) >= 11 is 1.65. The molecule has 2 aromatic rings. The summed E-state index contributed by atoms with van der Waals surface area (Å²) in [6.45, 7) is 1.52. The van der Waals surface area contributed by atoms with Crippen LogP contribution in [0.4, 0.5) is 0 Å². The maximum Gasteiger partial charge on any atom is 0.317 e. The molecule has 6 heteroatoms. The summed E-state index contributed by atoms with van der Waals surface area (Å²) in [6.07, 6.45) is 0.815. The van der Waals surface area contributed by atoms with E-state index >= 15 is 0 Å². The molecule has 0 radical (unpaired) electrons. The predicted molar refractivity (Wildman–Crippen MR) is 80.7 cm³/mol. The van der Waals surface area contributed by atoms with Crippen LogP contribution in [-0.2, 0) is 17.8 Å². The molecule has 2 heterocycles. The highest BCUT2D eigenvalue weighted by atomic mass is 32.1. The van der Waals surface area contributed by atoms with Crippen LogP contribution in [0.3, 0.4) is 0 Å². The number of thiazole rings is 1. The first-order chi connectivity index (χ1) is 10.2. The minimum Gasteiger partial charge on any atom is -0.497 e. The van der Waals surface area contributed by atoms with Gasteiger partial charge in [-0.05, 0) is 24.3 Å². The van der Waals surface area contributed by atoms with Crippen molar-refractivity contribution >= 4 is 17.3 Å². The van der Waals surface area contributed by atoms with Gasteiger partial charge in [-0.25, -0.2) is 4.98 Å². The number of ether oxygens (including phenoxy) is 1. The van der Waals surface area contributed by atoms with E-state index in [-0.39, 0.29) is 6.54 Å². The Kier molecular flexibility index (Phi) is 3.90. The number of carboxylic acid groups (broad SMARTS) is 1. The quantitative estimate of drug-likeness (QED) is 0.939. The first kappa shape index (κ1) is 14.0. The van der Waals surface area contributed by atoms with Crippen LogP contribution in [-0.4, -0.2) is 41.2 Å². The number of nitrogens with zero attached hydrogens (tertiary/aromatic N) is 2. The van der Waals surface area contributed by atoms with Crippen molar-refractivity contribution < 1.29 is 14.6 Å². The van der Waals surface area contributed by atoms with Gasteiger partial charge in [-0.3, -0.25) is 9.69 Å². The van der Waals surface area contributed by atoms with Gasteiger partial charge in [-0.2, -0.15) is 0 Å². The Labute approximate surface area is 126 Å². The second-order valence-corrected chi connectivity index (χ2v) is 6.06. The first-order valence-corrected chi connectivity index (χ1v) is 7.54. The van der Waals surface area contributed by atoms with Gasteiger partial charge in [0.05, 0.1) is 19.3 Å². The number of fused-ring (bicyclic) bond motifs is 1. The lowest BCUT2D eigenvalue weighted by Crippen LogP contribution is -2.34. The molecule has 1 aliphatic heterocycles. The van der Waals surface area contributed by atoms with E-state index in [2.05, 4.69) is 0 Å². The summed E-state index contributed by atoms with van der Waals surface area (Å²) in [5.74, 6) is 0.0473. The van der Waals surface area contributed by atoms with E-state index < -0.39 is 5.97 Å². The number of aliphatic carboxylic acids is 1. The van der Waals surface area contributed by atoms with E-state index in [0.29, 0.717) is 6.54 Å². The minimum absolute atomic E-state index is 0.0925. The first-order valence-electron chi connectivity index (χ1n) is 6.73. The number of aromatic nitrogens is 1. The van der Waals surface area contributed by atoms with Crippen molar-refractivity contribution in [2.75, 3.05) is 20.2 Å². The molecule has 0 saturated heterocycles. The van der Waals surface area contributed by atoms with Crippen molar-refractivity contribution in [2.45, 2.75) is 13.0 Å². The van der Waals surface area contributed by atoms with E-state index in [0.717, 1.165) is 35.0 Å². The maximum atomic E-state index is 10.8. The fraction of sp³-hybridized carbons (Fsp3) is 0.333. The van der Waals surface area contributed by atoms with Gasteiger partial charge >= 0.3 is 5.97 Å². The molecule has 0 unspecified atom stereocenters. The summed E-state index contributed by atoms with van der Waals surface area (Å²) in [7, 11) is 1.65. The Bertz CT molecular complexity index is 651. The van der Waals surface area contributed by atoms with Gasteiger partial charge in [0.15, 0.2) is 0 Å². The fourth-order valence-corrected chi connectivity index (χ4v) is 3.59. The molecule has 0 saturated carbocycles. The standard InChI is InChI=1S/C15H16N2O3S/c1-20-11-4-2-10(3-5-11)15-16-12-6-7-17(9-14(18)19)8-13(12)21-15/h2-5H,6-9H2,1H3,(H,18,19). The summed E-state index contributed by atoms with van der Waals surface area (Å²) in [5, 5.41) is 9.87. The molecule has 1 aromatic heterocycles. The maximum absolute atomic E-state index is 10.8. The van der Waals surface area contributed by atoms with Crippen molar-refractivity contribution in [2.24, 2.45) is 0 Å². The number of methoxy groups -OCH3 is 1. The van der Waals surface area contributed by atoms with Crippen LogP contribution in [0.2, 0.25) is 0 Å². The third kappa shape index (κ3) is 3.06. The molecule has 1 aliphatic rings. The zero-order valence-electron chi connectivity index (χ0n) is 11.7. The fourth-order valence-electron chi connectivity index (χ4n) is 2.43. The second kappa shape index (κ2) is 5.83. The van der Waals surface area contributed by atoms with Gasteiger partial charge in [-0.1, -0.05) is 0 Å². The number of carbonyl (C=O) groups is 1. The van der Waals surface area contributed by atoms with Crippen LogP contribution in [0, 0.1) is 0 Å². The zero-order valence-corrected chi connectivity index (χ0v) is 12.5. The minimum atomic E-state index is -0.779. The molecule has 0 bridgehead atoms. The van der Waals surface area contributed by atoms with Gasteiger partial charge in [0, 0.05) is 30.0 Å². The summed E-state index contributed by atoms with van der Waals surface area (Å²) < 4.78 is 5.16.